The molecule has 12 heteroatoms. The molecule has 12 nitrogen and oxygen atoms in total. The van der Waals surface area contributed by atoms with Gasteiger partial charge in [0.2, 0.25) is 11.8 Å². The van der Waals surface area contributed by atoms with Crippen molar-refractivity contribution in [3.63, 3.8) is 0 Å². The van der Waals surface area contributed by atoms with Crippen LogP contribution in [0.4, 0.5) is 4.79 Å². The number of carbonyl (C=O) groups excluding carboxylic acids is 4. The van der Waals surface area contributed by atoms with Gasteiger partial charge >= 0.3 is 6.09 Å². The van der Waals surface area contributed by atoms with Crippen LogP contribution in [0.1, 0.15) is 19.8 Å². The highest BCUT2D eigenvalue weighted by molar-refractivity contribution is 5.92. The molecule has 8 N–H and O–H groups in total. The Hall–Kier alpha value is -3.67. The molecule has 0 fully saturated rings. The Balaban J connectivity index is 2.50. The van der Waals surface area contributed by atoms with Crippen molar-refractivity contribution in [3.8, 4) is 5.75 Å². The van der Waals surface area contributed by atoms with Gasteiger partial charge in [0.05, 0.1) is 12.6 Å². The predicted octanol–water partition coefficient (Wildman–Crippen LogP) is -1.62. The van der Waals surface area contributed by atoms with E-state index in [1.807, 2.05) is 0 Å². The second-order valence-electron chi connectivity index (χ2n) is 6.51. The zero-order chi connectivity index (χ0) is 23.2. The molecule has 0 saturated carbocycles. The highest BCUT2D eigenvalue weighted by atomic mass is 16.6. The fourth-order valence-corrected chi connectivity index (χ4v) is 2.34. The van der Waals surface area contributed by atoms with Gasteiger partial charge in [-0.25, -0.2) is 4.79 Å². The number of hydrogen-bond donors (Lipinski definition) is 6. The van der Waals surface area contributed by atoms with Gasteiger partial charge < -0.3 is 42.1 Å². The number of amides is 3. The van der Waals surface area contributed by atoms with Crippen molar-refractivity contribution in [1.82, 2.24) is 16.0 Å². The maximum absolute atomic E-state index is 12.3. The minimum atomic E-state index is -1.34. The Morgan fingerprint density at radius 2 is 1.81 bits per heavy atom. The lowest BCUT2D eigenvalue weighted by Crippen LogP contribution is -2.55. The summed E-state index contributed by atoms with van der Waals surface area (Å²) in [6.45, 7) is 0.981. The molecule has 0 aliphatic heterocycles. The fourth-order valence-electron chi connectivity index (χ4n) is 2.34. The number of ether oxygens (including phenoxy) is 1. The van der Waals surface area contributed by atoms with E-state index in [4.69, 9.17) is 16.2 Å². The van der Waals surface area contributed by atoms with E-state index in [0.717, 1.165) is 0 Å². The topological polar surface area (TPSA) is 198 Å². The molecule has 0 bridgehead atoms. The van der Waals surface area contributed by atoms with Gasteiger partial charge in [0.15, 0.2) is 5.96 Å². The molecule has 0 saturated heterocycles. The standard InChI is InChI=1S/C19H28N6O6/c1-12(16(28)24-13(10-26)6-5-9-22-18(20)21)23-17(29)15(11-27)25-19(30)31-14-7-3-2-4-8-14/h2-4,7-8,10,12-13,15,27H,5-6,9,11H2,1H3,(H,23,29)(H,24,28)(H,25,30)(H4,20,21,22)/t12-,13-,15+/m0/s1. The maximum Gasteiger partial charge on any atom is 0.413 e. The fraction of sp³-hybridized carbons (Fsp3) is 0.421. The summed E-state index contributed by atoms with van der Waals surface area (Å²) in [7, 11) is 0. The van der Waals surface area contributed by atoms with E-state index < -0.39 is 42.6 Å². The molecule has 0 aromatic heterocycles. The van der Waals surface area contributed by atoms with Gasteiger partial charge in [-0.05, 0) is 31.9 Å². The highest BCUT2D eigenvalue weighted by Crippen LogP contribution is 2.08. The SMILES string of the molecule is C[C@H](NC(=O)[C@@H](CO)NC(=O)Oc1ccccc1)C(=O)N[C@H](C=O)CCCN=C(N)N. The van der Waals surface area contributed by atoms with Crippen LogP contribution in [0.3, 0.4) is 0 Å². The average molecular weight is 436 g/mol. The van der Waals surface area contributed by atoms with Gasteiger partial charge in [-0.3, -0.25) is 14.6 Å². The largest absolute Gasteiger partial charge is 0.413 e. The van der Waals surface area contributed by atoms with Gasteiger partial charge in [0.1, 0.15) is 24.1 Å². The number of para-hydroxylation sites is 1. The molecule has 0 unspecified atom stereocenters. The van der Waals surface area contributed by atoms with E-state index >= 15 is 0 Å². The lowest BCUT2D eigenvalue weighted by Gasteiger charge is -2.21. The van der Waals surface area contributed by atoms with Crippen molar-refractivity contribution in [1.29, 1.82) is 0 Å². The first kappa shape index (κ1) is 25.4. The minimum Gasteiger partial charge on any atom is -0.410 e. The molecule has 0 radical (unpaired) electrons. The zero-order valence-electron chi connectivity index (χ0n) is 17.1. The lowest BCUT2D eigenvalue weighted by molar-refractivity contribution is -0.131. The third-order valence-electron chi connectivity index (χ3n) is 3.96. The number of nitrogens with zero attached hydrogens (tertiary/aromatic N) is 1. The number of aldehydes is 1. The smallest absolute Gasteiger partial charge is 0.410 e. The third-order valence-corrected chi connectivity index (χ3v) is 3.96. The summed E-state index contributed by atoms with van der Waals surface area (Å²) in [6, 6.07) is 4.98. The third kappa shape index (κ3) is 10.1. The van der Waals surface area contributed by atoms with Crippen molar-refractivity contribution >= 4 is 30.2 Å². The summed E-state index contributed by atoms with van der Waals surface area (Å²) < 4.78 is 4.99. The Morgan fingerprint density at radius 3 is 2.39 bits per heavy atom. The van der Waals surface area contributed by atoms with Crippen molar-refractivity contribution in [2.75, 3.05) is 13.2 Å². The Kier molecular flexibility index (Phi) is 11.1. The molecule has 1 rings (SSSR count). The van der Waals surface area contributed by atoms with Gasteiger partial charge in [-0.1, -0.05) is 18.2 Å². The van der Waals surface area contributed by atoms with Crippen LogP contribution in [0.15, 0.2) is 35.3 Å². The van der Waals surface area contributed by atoms with Gasteiger partial charge in [-0.15, -0.1) is 0 Å². The van der Waals surface area contributed by atoms with Gasteiger partial charge in [-0.2, -0.15) is 0 Å². The number of benzene rings is 1. The van der Waals surface area contributed by atoms with E-state index in [1.54, 1.807) is 30.3 Å². The summed E-state index contributed by atoms with van der Waals surface area (Å²) in [5, 5.41) is 16.5. The first-order chi connectivity index (χ1) is 14.8. The number of hydrogen-bond acceptors (Lipinski definition) is 7. The maximum atomic E-state index is 12.3. The summed E-state index contributed by atoms with van der Waals surface area (Å²) in [4.78, 5) is 51.3. The van der Waals surface area contributed by atoms with Crippen LogP contribution in [0.2, 0.25) is 0 Å². The monoisotopic (exact) mass is 436 g/mol. The molecule has 1 aromatic carbocycles. The van der Waals surface area contributed by atoms with Crippen molar-refractivity contribution in [3.05, 3.63) is 30.3 Å². The molecular weight excluding hydrogens is 408 g/mol. The van der Waals surface area contributed by atoms with Crippen LogP contribution in [-0.4, -0.2) is 66.5 Å². The summed E-state index contributed by atoms with van der Waals surface area (Å²) in [5.74, 6) is -1.23. The van der Waals surface area contributed by atoms with Gasteiger partial charge in [0.25, 0.3) is 0 Å². The number of guanidine groups is 1. The number of carbonyl (C=O) groups is 4. The quantitative estimate of drug-likeness (QED) is 0.0971. The second-order valence-corrected chi connectivity index (χ2v) is 6.51. The molecule has 3 atom stereocenters. The van der Waals surface area contributed by atoms with Crippen LogP contribution in [0, 0.1) is 0 Å². The minimum absolute atomic E-state index is 0.0669. The molecule has 0 spiro atoms. The number of nitrogens with two attached hydrogens (primary N) is 2. The number of rotatable bonds is 12. The summed E-state index contributed by atoms with van der Waals surface area (Å²) in [6.07, 6.45) is 0.389. The second kappa shape index (κ2) is 13.5. The molecule has 1 aromatic rings. The van der Waals surface area contributed by atoms with Crippen molar-refractivity contribution in [2.45, 2.75) is 37.9 Å². The van der Waals surface area contributed by atoms with Crippen LogP contribution < -0.4 is 32.2 Å². The van der Waals surface area contributed by atoms with E-state index in [0.29, 0.717) is 25.7 Å². The van der Waals surface area contributed by atoms with E-state index in [-0.39, 0.29) is 11.7 Å². The molecule has 3 amide bonds. The first-order valence-corrected chi connectivity index (χ1v) is 9.52. The molecule has 0 aliphatic carbocycles. The van der Waals surface area contributed by atoms with Crippen LogP contribution in [0.5, 0.6) is 5.75 Å². The normalized spacial score (nSPS) is 13.1. The Bertz CT molecular complexity index is 768. The Labute approximate surface area is 179 Å². The number of aliphatic imine (C=N–C) groups is 1. The summed E-state index contributed by atoms with van der Waals surface area (Å²) in [5.41, 5.74) is 10.4. The molecule has 31 heavy (non-hydrogen) atoms. The highest BCUT2D eigenvalue weighted by Gasteiger charge is 2.25. The van der Waals surface area contributed by atoms with Crippen LogP contribution in [0.25, 0.3) is 0 Å². The average Bonchev–Trinajstić information content (AvgIpc) is 2.74. The van der Waals surface area contributed by atoms with Gasteiger partial charge in [0, 0.05) is 6.54 Å². The first-order valence-electron chi connectivity index (χ1n) is 9.52. The van der Waals surface area contributed by atoms with E-state index in [1.165, 1.54) is 6.92 Å². The van der Waals surface area contributed by atoms with E-state index in [2.05, 4.69) is 20.9 Å². The number of aliphatic hydroxyl groups is 1. The molecule has 0 heterocycles. The van der Waals surface area contributed by atoms with E-state index in [9.17, 15) is 24.3 Å². The summed E-state index contributed by atoms with van der Waals surface area (Å²) >= 11 is 0. The predicted molar refractivity (Wildman–Crippen MR) is 112 cm³/mol. The molecular formula is C19H28N6O6. The Morgan fingerprint density at radius 1 is 1.13 bits per heavy atom. The van der Waals surface area contributed by atoms with Crippen molar-refractivity contribution in [2.24, 2.45) is 16.5 Å². The van der Waals surface area contributed by atoms with Crippen molar-refractivity contribution < 1.29 is 29.0 Å². The zero-order valence-corrected chi connectivity index (χ0v) is 17.1. The molecule has 170 valence electrons. The van der Waals surface area contributed by atoms with Crippen LogP contribution >= 0.6 is 0 Å². The van der Waals surface area contributed by atoms with Crippen LogP contribution in [-0.2, 0) is 14.4 Å². The number of nitrogens with one attached hydrogen (secondary N) is 3. The lowest BCUT2D eigenvalue weighted by atomic mass is 10.1. The molecule has 0 aliphatic rings. The number of aliphatic hydroxyl groups excluding tert-OH is 1.